The minimum Gasteiger partial charge on any atom is -0.508 e. The second-order valence-corrected chi connectivity index (χ2v) is 10.9. The van der Waals surface area contributed by atoms with Crippen LogP contribution in [-0.4, -0.2) is 10.1 Å². The Morgan fingerprint density at radius 2 is 1.64 bits per heavy atom. The second-order valence-electron chi connectivity index (χ2n) is 10.9. The van der Waals surface area contributed by atoms with Crippen LogP contribution in [0.2, 0.25) is 0 Å². The van der Waals surface area contributed by atoms with Gasteiger partial charge in [-0.05, 0) is 85.1 Å². The minimum atomic E-state index is -0.346. The summed E-state index contributed by atoms with van der Waals surface area (Å²) in [7, 11) is 0. The average molecular weight is 523 g/mol. The van der Waals surface area contributed by atoms with Gasteiger partial charge in [0, 0.05) is 17.0 Å². The Balaban J connectivity index is 0.00000205. The lowest BCUT2D eigenvalue weighted by molar-refractivity contribution is 0.402. The van der Waals surface area contributed by atoms with Gasteiger partial charge in [-0.2, -0.15) is 0 Å². The van der Waals surface area contributed by atoms with Gasteiger partial charge >= 0.3 is 0 Å². The van der Waals surface area contributed by atoms with Crippen molar-refractivity contribution in [2.24, 2.45) is 11.7 Å². The molecule has 0 saturated carbocycles. The lowest BCUT2D eigenvalue weighted by Gasteiger charge is -2.27. The topological polar surface area (TPSA) is 59.1 Å². The zero-order valence-corrected chi connectivity index (χ0v) is 24.6. The molecule has 2 unspecified atom stereocenters. The summed E-state index contributed by atoms with van der Waals surface area (Å²) in [5.74, 6) is 1.31. The first-order valence-electron chi connectivity index (χ1n) is 14.5. The van der Waals surface area contributed by atoms with Crippen LogP contribution < -0.4 is 5.73 Å². The van der Waals surface area contributed by atoms with Gasteiger partial charge in [0.25, 0.3) is 0 Å². The number of benzene rings is 3. The number of phenolic OH excluding ortho intramolecular Hbond substituents is 1. The number of rotatable bonds is 10. The molecule has 206 valence electrons. The maximum atomic E-state index is 9.80. The van der Waals surface area contributed by atoms with Crippen molar-refractivity contribution >= 4 is 23.1 Å². The molecular weight excluding hydrogens is 476 g/mol. The molecule has 39 heavy (non-hydrogen) atoms. The Kier molecular flexibility index (Phi) is 10.9. The highest BCUT2D eigenvalue weighted by atomic mass is 16.3. The summed E-state index contributed by atoms with van der Waals surface area (Å²) >= 11 is 0. The Morgan fingerprint density at radius 3 is 2.38 bits per heavy atom. The summed E-state index contributed by atoms with van der Waals surface area (Å²) in [6.07, 6.45) is 8.69. The van der Waals surface area contributed by atoms with E-state index >= 15 is 0 Å². The second kappa shape index (κ2) is 14.1. The van der Waals surface area contributed by atoms with Crippen LogP contribution in [0, 0.1) is 5.92 Å². The van der Waals surface area contributed by atoms with Crippen molar-refractivity contribution in [3.05, 3.63) is 107 Å². The SMILES string of the molecule is CC.CCCC(C)C(CCc1ccccc1C(C)(C)N)c1cccc(/C=C/c2ccc3ccc(O)cc3n2)c1. The van der Waals surface area contributed by atoms with Crippen molar-refractivity contribution in [1.82, 2.24) is 4.98 Å². The number of nitrogens with zero attached hydrogens (tertiary/aromatic N) is 1. The number of aryl methyl sites for hydroxylation is 1. The first-order chi connectivity index (χ1) is 18.7. The van der Waals surface area contributed by atoms with Gasteiger partial charge in [-0.15, -0.1) is 0 Å². The number of fused-ring (bicyclic) bond motifs is 1. The van der Waals surface area contributed by atoms with Crippen LogP contribution >= 0.6 is 0 Å². The van der Waals surface area contributed by atoms with E-state index in [0.29, 0.717) is 11.8 Å². The maximum absolute atomic E-state index is 9.80. The van der Waals surface area contributed by atoms with Gasteiger partial charge in [-0.25, -0.2) is 4.98 Å². The molecule has 2 atom stereocenters. The summed E-state index contributed by atoms with van der Waals surface area (Å²) in [6, 6.07) is 26.9. The number of nitrogens with two attached hydrogens (primary N) is 1. The molecule has 0 aliphatic heterocycles. The Bertz CT molecular complexity index is 1370. The monoisotopic (exact) mass is 522 g/mol. The number of phenols is 1. The van der Waals surface area contributed by atoms with E-state index in [2.05, 4.69) is 82.3 Å². The fourth-order valence-electron chi connectivity index (χ4n) is 5.40. The molecule has 1 aromatic heterocycles. The van der Waals surface area contributed by atoms with Crippen molar-refractivity contribution in [3.63, 3.8) is 0 Å². The van der Waals surface area contributed by atoms with Crippen molar-refractivity contribution < 1.29 is 5.11 Å². The molecule has 0 aliphatic carbocycles. The van der Waals surface area contributed by atoms with Crippen LogP contribution in [0.15, 0.2) is 78.9 Å². The van der Waals surface area contributed by atoms with E-state index in [1.807, 2.05) is 38.1 Å². The Hall–Kier alpha value is -3.43. The molecule has 0 aliphatic rings. The highest BCUT2D eigenvalue weighted by molar-refractivity contribution is 5.82. The van der Waals surface area contributed by atoms with Crippen LogP contribution in [0.3, 0.4) is 0 Å². The third-order valence-electron chi connectivity index (χ3n) is 7.35. The van der Waals surface area contributed by atoms with Gasteiger partial charge in [0.05, 0.1) is 11.2 Å². The van der Waals surface area contributed by atoms with Crippen LogP contribution in [0.4, 0.5) is 0 Å². The van der Waals surface area contributed by atoms with Crippen LogP contribution in [0.25, 0.3) is 23.1 Å². The maximum Gasteiger partial charge on any atom is 0.117 e. The van der Waals surface area contributed by atoms with Gasteiger partial charge < -0.3 is 10.8 Å². The van der Waals surface area contributed by atoms with E-state index in [1.165, 1.54) is 35.1 Å². The predicted octanol–water partition coefficient (Wildman–Crippen LogP) is 9.48. The van der Waals surface area contributed by atoms with Crippen molar-refractivity contribution in [2.75, 3.05) is 0 Å². The van der Waals surface area contributed by atoms with Crippen molar-refractivity contribution in [3.8, 4) is 5.75 Å². The molecule has 3 aromatic carbocycles. The number of aromatic nitrogens is 1. The van der Waals surface area contributed by atoms with Crippen LogP contribution in [-0.2, 0) is 12.0 Å². The molecule has 0 spiro atoms. The number of hydrogen-bond donors (Lipinski definition) is 2. The highest BCUT2D eigenvalue weighted by Crippen LogP contribution is 2.34. The van der Waals surface area contributed by atoms with E-state index < -0.39 is 0 Å². The summed E-state index contributed by atoms with van der Waals surface area (Å²) in [5, 5.41) is 10.8. The van der Waals surface area contributed by atoms with E-state index in [4.69, 9.17) is 10.7 Å². The zero-order chi connectivity index (χ0) is 28.4. The zero-order valence-electron chi connectivity index (χ0n) is 24.6. The fraction of sp³-hybridized carbons (Fsp3) is 0.361. The molecule has 3 N–H and O–H groups in total. The average Bonchev–Trinajstić information content (AvgIpc) is 2.93. The number of aromatic hydroxyl groups is 1. The minimum absolute atomic E-state index is 0.235. The fourth-order valence-corrected chi connectivity index (χ4v) is 5.40. The predicted molar refractivity (Wildman–Crippen MR) is 169 cm³/mol. The van der Waals surface area contributed by atoms with Crippen molar-refractivity contribution in [2.45, 2.75) is 78.7 Å². The van der Waals surface area contributed by atoms with Crippen LogP contribution in [0.1, 0.15) is 94.7 Å². The van der Waals surface area contributed by atoms with Gasteiger partial charge in [0.15, 0.2) is 0 Å². The van der Waals surface area contributed by atoms with E-state index in [0.717, 1.165) is 29.4 Å². The van der Waals surface area contributed by atoms with Crippen molar-refractivity contribution in [1.29, 1.82) is 0 Å². The molecule has 0 bridgehead atoms. The third kappa shape index (κ3) is 8.28. The standard InChI is InChI=1S/C34H40N2O.C2H6/c1-5-9-24(2)31(21-17-26-11-6-7-13-32(26)34(3,4)35)28-12-8-10-25(22-28)14-18-29-19-15-27-16-20-30(37)23-33(27)36-29;1-2/h6-8,10-16,18-20,22-24,31,37H,5,9,17,21,35H2,1-4H3;1-2H3/b18-14+;. The molecule has 3 heteroatoms. The molecule has 4 rings (SSSR count). The number of hydrogen-bond acceptors (Lipinski definition) is 3. The molecule has 0 saturated heterocycles. The van der Waals surface area contributed by atoms with Gasteiger partial charge in [0.2, 0.25) is 0 Å². The van der Waals surface area contributed by atoms with E-state index in [-0.39, 0.29) is 11.3 Å². The third-order valence-corrected chi connectivity index (χ3v) is 7.35. The summed E-state index contributed by atoms with van der Waals surface area (Å²) in [6.45, 7) is 12.8. The molecule has 4 aromatic rings. The smallest absolute Gasteiger partial charge is 0.117 e. The molecule has 1 heterocycles. The molecule has 3 nitrogen and oxygen atoms in total. The Morgan fingerprint density at radius 1 is 0.897 bits per heavy atom. The lowest BCUT2D eigenvalue weighted by atomic mass is 9.79. The molecule has 0 radical (unpaired) electrons. The normalized spacial score (nSPS) is 13.2. The Labute approximate surface area is 235 Å². The highest BCUT2D eigenvalue weighted by Gasteiger charge is 2.22. The lowest BCUT2D eigenvalue weighted by Crippen LogP contribution is -2.30. The first kappa shape index (κ1) is 30.1. The molecular formula is C36H46N2O. The largest absolute Gasteiger partial charge is 0.508 e. The van der Waals surface area contributed by atoms with Gasteiger partial charge in [-0.1, -0.05) is 101 Å². The van der Waals surface area contributed by atoms with E-state index in [1.54, 1.807) is 12.1 Å². The van der Waals surface area contributed by atoms with Crippen LogP contribution in [0.5, 0.6) is 5.75 Å². The van der Waals surface area contributed by atoms with Gasteiger partial charge in [-0.3, -0.25) is 0 Å². The summed E-state index contributed by atoms with van der Waals surface area (Å²) in [4.78, 5) is 4.70. The molecule has 0 fully saturated rings. The summed E-state index contributed by atoms with van der Waals surface area (Å²) in [5.41, 5.74) is 13.0. The first-order valence-corrected chi connectivity index (χ1v) is 14.5. The quantitative estimate of drug-likeness (QED) is 0.218. The molecule has 0 amide bonds. The number of pyridine rings is 1. The van der Waals surface area contributed by atoms with E-state index in [9.17, 15) is 5.11 Å². The summed E-state index contributed by atoms with van der Waals surface area (Å²) < 4.78 is 0. The van der Waals surface area contributed by atoms with Gasteiger partial charge in [0.1, 0.15) is 5.75 Å².